The molecule has 19 heavy (non-hydrogen) atoms. The molecule has 0 amide bonds. The van der Waals surface area contributed by atoms with E-state index >= 15 is 0 Å². The van der Waals surface area contributed by atoms with E-state index in [0.717, 1.165) is 24.6 Å². The molecule has 1 aliphatic rings. The van der Waals surface area contributed by atoms with Crippen LogP contribution in [0, 0.1) is 11.8 Å². The van der Waals surface area contributed by atoms with Gasteiger partial charge in [-0.1, -0.05) is 19.1 Å². The molecule has 2 nitrogen and oxygen atoms in total. The fraction of sp³-hybridized carbons (Fsp3) is 0.571. The van der Waals surface area contributed by atoms with E-state index in [9.17, 15) is 18.3 Å². The van der Waals surface area contributed by atoms with E-state index in [0.29, 0.717) is 18.0 Å². The van der Waals surface area contributed by atoms with Gasteiger partial charge in [0.25, 0.3) is 0 Å². The van der Waals surface area contributed by atoms with Crippen LogP contribution in [0.5, 0.6) is 0 Å². The lowest BCUT2D eigenvalue weighted by Gasteiger charge is -2.13. The van der Waals surface area contributed by atoms with Gasteiger partial charge in [0, 0.05) is 6.54 Å². The summed E-state index contributed by atoms with van der Waals surface area (Å²) in [5, 5.41) is 13.0. The highest BCUT2D eigenvalue weighted by molar-refractivity contribution is 5.26. The minimum absolute atomic E-state index is 0.370. The van der Waals surface area contributed by atoms with Crippen LogP contribution in [-0.2, 0) is 6.18 Å². The summed E-state index contributed by atoms with van der Waals surface area (Å²) < 4.78 is 37.1. The quantitative estimate of drug-likeness (QED) is 0.864. The minimum atomic E-state index is -4.33. The predicted octanol–water partition coefficient (Wildman–Crippen LogP) is 2.98. The van der Waals surface area contributed by atoms with E-state index in [1.807, 2.05) is 0 Å². The van der Waals surface area contributed by atoms with Crippen LogP contribution in [0.25, 0.3) is 0 Å². The lowest BCUT2D eigenvalue weighted by atomic mass is 10.1. The highest BCUT2D eigenvalue weighted by Gasteiger charge is 2.32. The second-order valence-corrected chi connectivity index (χ2v) is 5.27. The molecule has 0 aliphatic heterocycles. The van der Waals surface area contributed by atoms with Crippen molar-refractivity contribution in [3.8, 4) is 0 Å². The molecule has 1 saturated carbocycles. The number of halogens is 3. The van der Waals surface area contributed by atoms with E-state index in [1.54, 1.807) is 0 Å². The average molecular weight is 273 g/mol. The van der Waals surface area contributed by atoms with Crippen LogP contribution in [0.1, 0.15) is 30.6 Å². The normalized spacial score (nSPS) is 24.3. The van der Waals surface area contributed by atoms with Crippen LogP contribution in [0.4, 0.5) is 13.2 Å². The number of hydrogen-bond acceptors (Lipinski definition) is 2. The van der Waals surface area contributed by atoms with E-state index in [2.05, 4.69) is 12.2 Å². The van der Waals surface area contributed by atoms with Crippen molar-refractivity contribution in [2.75, 3.05) is 13.1 Å². The Balaban J connectivity index is 1.83. The first-order chi connectivity index (χ1) is 8.88. The van der Waals surface area contributed by atoms with Crippen molar-refractivity contribution in [3.05, 3.63) is 35.4 Å². The Morgan fingerprint density at radius 2 is 1.89 bits per heavy atom. The molecular formula is C14H18F3NO. The Bertz CT molecular complexity index is 416. The van der Waals surface area contributed by atoms with Crippen molar-refractivity contribution >= 4 is 0 Å². The minimum Gasteiger partial charge on any atom is -0.387 e. The van der Waals surface area contributed by atoms with Crippen molar-refractivity contribution < 1.29 is 18.3 Å². The van der Waals surface area contributed by atoms with Gasteiger partial charge in [0.2, 0.25) is 0 Å². The number of aliphatic hydroxyl groups is 1. The van der Waals surface area contributed by atoms with Crippen LogP contribution in [0.15, 0.2) is 24.3 Å². The SMILES string of the molecule is CC1CC1CNCC(O)c1ccc(C(F)(F)F)cc1. The molecule has 2 N–H and O–H groups in total. The fourth-order valence-corrected chi connectivity index (χ4v) is 2.10. The van der Waals surface area contributed by atoms with Gasteiger partial charge in [0.05, 0.1) is 11.7 Å². The molecule has 1 aromatic carbocycles. The summed E-state index contributed by atoms with van der Waals surface area (Å²) in [6.45, 7) is 3.41. The third-order valence-electron chi connectivity index (χ3n) is 3.64. The van der Waals surface area contributed by atoms with Crippen LogP contribution in [0.3, 0.4) is 0 Å². The first kappa shape index (κ1) is 14.3. The molecule has 3 atom stereocenters. The molecular weight excluding hydrogens is 255 g/mol. The van der Waals surface area contributed by atoms with E-state index in [4.69, 9.17) is 0 Å². The van der Waals surface area contributed by atoms with Gasteiger partial charge in [0.15, 0.2) is 0 Å². The van der Waals surface area contributed by atoms with Crippen molar-refractivity contribution in [2.24, 2.45) is 11.8 Å². The molecule has 0 radical (unpaired) electrons. The number of hydrogen-bond donors (Lipinski definition) is 2. The van der Waals surface area contributed by atoms with Crippen LogP contribution >= 0.6 is 0 Å². The molecule has 5 heteroatoms. The zero-order valence-electron chi connectivity index (χ0n) is 10.7. The Labute approximate surface area is 110 Å². The number of aliphatic hydroxyl groups excluding tert-OH is 1. The monoisotopic (exact) mass is 273 g/mol. The summed E-state index contributed by atoms with van der Waals surface area (Å²) in [7, 11) is 0. The van der Waals surface area contributed by atoms with Crippen molar-refractivity contribution in [2.45, 2.75) is 25.6 Å². The van der Waals surface area contributed by atoms with E-state index in [1.165, 1.54) is 18.6 Å². The van der Waals surface area contributed by atoms with Gasteiger partial charge < -0.3 is 10.4 Å². The molecule has 0 aromatic heterocycles. The summed E-state index contributed by atoms with van der Waals surface area (Å²) in [6.07, 6.45) is -3.89. The number of rotatable bonds is 5. The fourth-order valence-electron chi connectivity index (χ4n) is 2.10. The van der Waals surface area contributed by atoms with Crippen LogP contribution in [-0.4, -0.2) is 18.2 Å². The summed E-state index contributed by atoms with van der Waals surface area (Å²) >= 11 is 0. The molecule has 1 aliphatic carbocycles. The standard InChI is InChI=1S/C14H18F3NO/c1-9-6-11(9)7-18-8-13(19)10-2-4-12(5-3-10)14(15,16)17/h2-5,9,11,13,18-19H,6-8H2,1H3. The highest BCUT2D eigenvalue weighted by Crippen LogP contribution is 2.36. The lowest BCUT2D eigenvalue weighted by Crippen LogP contribution is -2.24. The largest absolute Gasteiger partial charge is 0.416 e. The van der Waals surface area contributed by atoms with Gasteiger partial charge in [-0.3, -0.25) is 0 Å². The summed E-state index contributed by atoms with van der Waals surface area (Å²) in [6, 6.07) is 4.66. The summed E-state index contributed by atoms with van der Waals surface area (Å²) in [4.78, 5) is 0. The lowest BCUT2D eigenvalue weighted by molar-refractivity contribution is -0.137. The topological polar surface area (TPSA) is 32.3 Å². The summed E-state index contributed by atoms with van der Waals surface area (Å²) in [5.41, 5.74) is -0.187. The highest BCUT2D eigenvalue weighted by atomic mass is 19.4. The maximum absolute atomic E-state index is 12.4. The number of benzene rings is 1. The maximum Gasteiger partial charge on any atom is 0.416 e. The molecule has 0 spiro atoms. The number of alkyl halides is 3. The zero-order chi connectivity index (χ0) is 14.0. The van der Waals surface area contributed by atoms with E-state index < -0.39 is 17.8 Å². The van der Waals surface area contributed by atoms with Gasteiger partial charge in [-0.15, -0.1) is 0 Å². The van der Waals surface area contributed by atoms with Crippen LogP contribution in [0.2, 0.25) is 0 Å². The average Bonchev–Trinajstić information content (AvgIpc) is 3.04. The Morgan fingerprint density at radius 1 is 1.32 bits per heavy atom. The molecule has 0 bridgehead atoms. The zero-order valence-corrected chi connectivity index (χ0v) is 10.7. The molecule has 1 fully saturated rings. The second-order valence-electron chi connectivity index (χ2n) is 5.27. The van der Waals surface area contributed by atoms with Crippen LogP contribution < -0.4 is 5.32 Å². The number of nitrogens with one attached hydrogen (secondary N) is 1. The Morgan fingerprint density at radius 3 is 2.37 bits per heavy atom. The van der Waals surface area contributed by atoms with Crippen molar-refractivity contribution in [1.82, 2.24) is 5.32 Å². The molecule has 0 heterocycles. The molecule has 1 aromatic rings. The maximum atomic E-state index is 12.4. The Kier molecular flexibility index (Phi) is 4.16. The first-order valence-corrected chi connectivity index (χ1v) is 6.44. The molecule has 0 saturated heterocycles. The third kappa shape index (κ3) is 3.94. The smallest absolute Gasteiger partial charge is 0.387 e. The van der Waals surface area contributed by atoms with Gasteiger partial charge in [-0.2, -0.15) is 13.2 Å². The Hall–Kier alpha value is -1.07. The van der Waals surface area contributed by atoms with Gasteiger partial charge >= 0.3 is 6.18 Å². The first-order valence-electron chi connectivity index (χ1n) is 6.44. The van der Waals surface area contributed by atoms with Gasteiger partial charge in [-0.05, 0) is 42.5 Å². The van der Waals surface area contributed by atoms with Crippen molar-refractivity contribution in [1.29, 1.82) is 0 Å². The second kappa shape index (κ2) is 5.51. The van der Waals surface area contributed by atoms with Gasteiger partial charge in [0.1, 0.15) is 0 Å². The molecule has 106 valence electrons. The summed E-state index contributed by atoms with van der Waals surface area (Å²) in [5.74, 6) is 1.43. The van der Waals surface area contributed by atoms with E-state index in [-0.39, 0.29) is 0 Å². The third-order valence-corrected chi connectivity index (χ3v) is 3.64. The predicted molar refractivity (Wildman–Crippen MR) is 66.5 cm³/mol. The van der Waals surface area contributed by atoms with Crippen molar-refractivity contribution in [3.63, 3.8) is 0 Å². The molecule has 3 unspecified atom stereocenters. The molecule has 2 rings (SSSR count). The van der Waals surface area contributed by atoms with Gasteiger partial charge in [-0.25, -0.2) is 0 Å².